The molecular weight excluding hydrogens is 1100 g/mol. The monoisotopic (exact) mass is 1160 g/mol. The Balaban J connectivity index is 0.941. The Morgan fingerprint density at radius 2 is 1.58 bits per heavy atom. The maximum Gasteiger partial charge on any atom is 0.404 e. The van der Waals surface area contributed by atoms with Crippen molar-refractivity contribution < 1.29 is 71.0 Å². The van der Waals surface area contributed by atoms with Gasteiger partial charge in [0, 0.05) is 66.6 Å². The number of carbonyl (C=O) groups excluding carboxylic acids is 8. The number of primary amides is 1. The van der Waals surface area contributed by atoms with Crippen molar-refractivity contribution in [2.75, 3.05) is 19.8 Å². The lowest BCUT2D eigenvalue weighted by molar-refractivity contribution is -0.141. The Morgan fingerprint density at radius 3 is 2.25 bits per heavy atom. The van der Waals surface area contributed by atoms with Crippen LogP contribution in [0.3, 0.4) is 0 Å². The van der Waals surface area contributed by atoms with Gasteiger partial charge in [-0.15, -0.1) is 0 Å². The molecule has 21 nitrogen and oxygen atoms in total. The topological polar surface area (TPSA) is 309 Å². The van der Waals surface area contributed by atoms with Gasteiger partial charge in [-0.1, -0.05) is 117 Å². The summed E-state index contributed by atoms with van der Waals surface area (Å²) in [6, 6.07) is 21.9. The minimum Gasteiger partial charge on any atom is -0.447 e. The van der Waals surface area contributed by atoms with Gasteiger partial charge in [0.1, 0.15) is 36.5 Å². The summed E-state index contributed by atoms with van der Waals surface area (Å²) in [5, 5.41) is 10.7. The lowest BCUT2D eigenvalue weighted by Crippen LogP contribution is -2.57. The van der Waals surface area contributed by atoms with Gasteiger partial charge in [-0.3, -0.25) is 43.4 Å². The summed E-state index contributed by atoms with van der Waals surface area (Å²) < 4.78 is 52.3. The number of rotatable bonds is 24. The van der Waals surface area contributed by atoms with E-state index in [9.17, 15) is 61.5 Å². The van der Waals surface area contributed by atoms with Crippen LogP contribution in [-0.2, 0) is 50.2 Å². The van der Waals surface area contributed by atoms with E-state index in [-0.39, 0.29) is 73.8 Å². The van der Waals surface area contributed by atoms with E-state index in [1.54, 1.807) is 36.4 Å². The fourth-order valence-electron chi connectivity index (χ4n) is 10.4. The number of piperidine rings is 1. The molecule has 5 aromatic rings. The molecule has 3 aliphatic heterocycles. The van der Waals surface area contributed by atoms with Crippen molar-refractivity contribution in [3.05, 3.63) is 142 Å². The van der Waals surface area contributed by atoms with Crippen molar-refractivity contribution in [1.29, 1.82) is 0 Å². The van der Waals surface area contributed by atoms with E-state index in [4.69, 9.17) is 15.2 Å². The highest BCUT2D eigenvalue weighted by molar-refractivity contribution is 7.52. The van der Waals surface area contributed by atoms with Gasteiger partial charge >= 0.3 is 19.4 Å². The second-order valence-corrected chi connectivity index (χ2v) is 22.3. The highest BCUT2D eigenvalue weighted by Crippen LogP contribution is 2.59. The first-order valence-corrected chi connectivity index (χ1v) is 29.0. The average Bonchev–Trinajstić information content (AvgIpc) is 4.37. The highest BCUT2D eigenvalue weighted by Gasteiger charge is 2.50. The van der Waals surface area contributed by atoms with E-state index in [2.05, 4.69) is 38.1 Å². The number of nitrogens with zero attached hydrogens (tertiary/aromatic N) is 2. The molecule has 3 aliphatic rings. The first kappa shape index (κ1) is 60.8. The molecule has 9 N–H and O–H groups in total. The number of nitrogens with one attached hydrogen (secondary N) is 5. The van der Waals surface area contributed by atoms with E-state index in [1.165, 1.54) is 15.9 Å². The number of amides is 8. The van der Waals surface area contributed by atoms with E-state index in [1.807, 2.05) is 49.4 Å². The third-order valence-electron chi connectivity index (χ3n) is 14.8. The Kier molecular flexibility index (Phi) is 19.9. The number of carbonyl (C=O) groups is 8. The smallest absolute Gasteiger partial charge is 0.404 e. The summed E-state index contributed by atoms with van der Waals surface area (Å²) in [6.07, 6.45) is 3.05. The molecule has 8 rings (SSSR count). The number of imide groups is 1. The largest absolute Gasteiger partial charge is 0.447 e. The number of ether oxygens (including phenoxy) is 2. The van der Waals surface area contributed by atoms with Gasteiger partial charge in [0.25, 0.3) is 11.8 Å². The molecule has 4 aromatic carbocycles. The van der Waals surface area contributed by atoms with Crippen LogP contribution in [0.2, 0.25) is 0 Å². The summed E-state index contributed by atoms with van der Waals surface area (Å²) in [5.41, 5.74) is 3.22. The van der Waals surface area contributed by atoms with Crippen LogP contribution >= 0.6 is 7.60 Å². The van der Waals surface area contributed by atoms with Crippen molar-refractivity contribution in [3.8, 4) is 11.8 Å². The fraction of sp³-hybridized carbons (Fsp3) is 0.390. The van der Waals surface area contributed by atoms with Gasteiger partial charge in [0.05, 0.1) is 12.1 Å². The predicted molar refractivity (Wildman–Crippen MR) is 298 cm³/mol. The summed E-state index contributed by atoms with van der Waals surface area (Å²) in [4.78, 5) is 131. The molecule has 83 heavy (non-hydrogen) atoms. The van der Waals surface area contributed by atoms with Crippen LogP contribution in [-0.4, -0.2) is 122 Å². The molecular formula is C59H65F2N8O13P. The minimum absolute atomic E-state index is 0.0348. The van der Waals surface area contributed by atoms with Crippen LogP contribution in [0.5, 0.6) is 0 Å². The molecule has 0 saturated carbocycles. The van der Waals surface area contributed by atoms with Crippen LogP contribution < -0.4 is 27.0 Å². The van der Waals surface area contributed by atoms with Gasteiger partial charge < -0.3 is 55.7 Å². The van der Waals surface area contributed by atoms with Gasteiger partial charge in [-0.05, 0) is 72.7 Å². The second kappa shape index (κ2) is 27.2. The van der Waals surface area contributed by atoms with Crippen LogP contribution in [0.4, 0.5) is 13.6 Å². The fourth-order valence-corrected chi connectivity index (χ4v) is 10.9. The number of unbranched alkanes of at least 4 members (excludes halogenated alkanes) is 5. The molecule has 1 unspecified atom stereocenters. The minimum atomic E-state index is -5.90. The normalized spacial score (nSPS) is 17.8. The van der Waals surface area contributed by atoms with Crippen LogP contribution in [0.1, 0.15) is 132 Å². The molecule has 24 heteroatoms. The van der Waals surface area contributed by atoms with Crippen molar-refractivity contribution in [2.24, 2.45) is 5.73 Å². The molecule has 2 fully saturated rings. The first-order chi connectivity index (χ1) is 39.7. The predicted octanol–water partition coefficient (Wildman–Crippen LogP) is 5.92. The van der Waals surface area contributed by atoms with E-state index >= 15 is 0 Å². The lowest BCUT2D eigenvalue weighted by Gasteiger charge is -2.30. The molecule has 0 aliphatic carbocycles. The van der Waals surface area contributed by atoms with Crippen LogP contribution in [0.15, 0.2) is 103 Å². The van der Waals surface area contributed by atoms with Crippen molar-refractivity contribution >= 4 is 65.9 Å². The molecule has 5 atom stereocenters. The van der Waals surface area contributed by atoms with E-state index in [0.717, 1.165) is 43.0 Å². The van der Waals surface area contributed by atoms with Crippen molar-refractivity contribution in [3.63, 3.8) is 0 Å². The Hall–Kier alpha value is -8.29. The van der Waals surface area contributed by atoms with Crippen LogP contribution in [0.25, 0.3) is 10.9 Å². The van der Waals surface area contributed by atoms with E-state index < -0.39 is 97.4 Å². The molecule has 4 heterocycles. The number of likely N-dealkylation sites (tertiary alicyclic amines) is 1. The zero-order valence-electron chi connectivity index (χ0n) is 45.4. The van der Waals surface area contributed by atoms with Gasteiger partial charge in [0.15, 0.2) is 0 Å². The number of aromatic nitrogens is 1. The molecule has 0 spiro atoms. The van der Waals surface area contributed by atoms with Crippen LogP contribution in [0, 0.1) is 11.8 Å². The maximum absolute atomic E-state index is 14.8. The molecule has 0 bridgehead atoms. The quantitative estimate of drug-likeness (QED) is 0.0154. The molecule has 8 amide bonds. The molecule has 438 valence electrons. The number of aromatic amines is 1. The summed E-state index contributed by atoms with van der Waals surface area (Å²) in [6.45, 7) is 1.55. The number of fused-ring (bicyclic) bond motifs is 2. The zero-order chi connectivity index (χ0) is 59.4. The maximum atomic E-state index is 14.8. The number of benzene rings is 4. The summed E-state index contributed by atoms with van der Waals surface area (Å²) in [7, 11) is -5.90. The van der Waals surface area contributed by atoms with E-state index in [0.29, 0.717) is 47.9 Å². The number of H-pyrrole nitrogens is 1. The lowest BCUT2D eigenvalue weighted by atomic mass is 9.98. The molecule has 2 saturated heterocycles. The summed E-state index contributed by atoms with van der Waals surface area (Å²) in [5.74, 6) is 2.23. The van der Waals surface area contributed by atoms with Crippen molar-refractivity contribution in [1.82, 2.24) is 36.1 Å². The van der Waals surface area contributed by atoms with Gasteiger partial charge in [-0.2, -0.15) is 8.78 Å². The number of nitrogens with two attached hydrogens (primary N) is 1. The first-order valence-electron chi connectivity index (χ1n) is 27.4. The zero-order valence-corrected chi connectivity index (χ0v) is 46.3. The molecule has 0 radical (unpaired) electrons. The number of alkyl halides is 2. The SMILES string of the molecule is CCCC[C@H](NC(=O)c1cc2cc(C(F)(F)P(=O)(O)O)ccc2[nH]1)C(=O)N1C[C@H](OCCCCCCC#Cc2cccc3c2CN(C2CCC(=O)NC2=O)C3=O)C[C@H]1C(=O)N[C@@H](COC(N)=O)C(=O)NC(c1ccccc1)c1ccccc1. The Morgan fingerprint density at radius 1 is 0.867 bits per heavy atom. The Labute approximate surface area is 476 Å². The third-order valence-corrected chi connectivity index (χ3v) is 15.8. The van der Waals surface area contributed by atoms with Gasteiger partial charge in [0.2, 0.25) is 29.5 Å². The Bertz CT molecular complexity index is 3310. The highest BCUT2D eigenvalue weighted by atomic mass is 31.2. The number of hydrogen-bond donors (Lipinski definition) is 8. The average molecular weight is 1160 g/mol. The second-order valence-electron chi connectivity index (χ2n) is 20.6. The number of hydrogen-bond acceptors (Lipinski definition) is 11. The number of halogens is 2. The van der Waals surface area contributed by atoms with Crippen molar-refractivity contribution in [2.45, 2.75) is 126 Å². The van der Waals surface area contributed by atoms with Gasteiger partial charge in [-0.25, -0.2) is 4.79 Å². The third kappa shape index (κ3) is 14.9. The summed E-state index contributed by atoms with van der Waals surface area (Å²) >= 11 is 0. The standard InChI is InChI=1S/C59H65F2N8O13P/c1-2-3-24-45(64-52(71)46-31-39-30-40(25-26-44(39)63-46)59(60,61)83(78,79)80)57(76)68-33-41(32-49(68)55(74)65-47(35-82-58(62)77)53(72)67-51(37-18-11-8-12-19-37)38-20-13-9-14-21-38)81-29-15-7-5-4-6-10-17-36-22-16-23-42-43(36)34-69(56(42)75)48-27-28-50(70)66-54(48)73/h8-9,11-14,16,18-23,25-26,30-31,41,45,47-49,51,63H,2-7,15,24,27-29,32-35H2,1H3,(H2,62,77)(H,64,71)(H,65,74)(H,67,72)(H,66,70,73)(H2,78,79,80)/t41-,45+,47+,48?,49+/m1/s1. The molecule has 1 aromatic heterocycles.